The van der Waals surface area contributed by atoms with Gasteiger partial charge in [0.05, 0.1) is 25.6 Å². The normalized spacial score (nSPS) is 10.1. The summed E-state index contributed by atoms with van der Waals surface area (Å²) in [7, 11) is 0. The van der Waals surface area contributed by atoms with Crippen LogP contribution in [0.3, 0.4) is 0 Å². The molecule has 0 radical (unpaired) electrons. The van der Waals surface area contributed by atoms with E-state index in [4.69, 9.17) is 38.4 Å². The summed E-state index contributed by atoms with van der Waals surface area (Å²) in [5.41, 5.74) is 20.1. The Morgan fingerprint density at radius 2 is 0.736 bits per heavy atom. The number of nitrogens with one attached hydrogen (secondary N) is 2. The number of thiol groups is 1. The van der Waals surface area contributed by atoms with Gasteiger partial charge in [-0.15, -0.1) is 69.7 Å². The summed E-state index contributed by atoms with van der Waals surface area (Å²) in [6.07, 6.45) is -0.108. The Balaban J connectivity index is 0.000000255. The molecule has 144 heavy (non-hydrogen) atoms. The number of fused-ring (bicyclic) bond motifs is 6. The van der Waals surface area contributed by atoms with Crippen molar-refractivity contribution in [3.63, 3.8) is 0 Å². The molecule has 0 fully saturated rings. The topological polar surface area (TPSA) is 155 Å². The number of ether oxygens (including phenoxy) is 2. The number of anilines is 5. The first-order chi connectivity index (χ1) is 66.0. The van der Waals surface area contributed by atoms with Crippen LogP contribution in [0.25, 0.3) is 116 Å². The lowest BCUT2D eigenvalue weighted by atomic mass is 10.0. The molecular weight excluding hydrogens is 2320 g/mol. The van der Waals surface area contributed by atoms with Crippen LogP contribution in [0.2, 0.25) is 10.0 Å². The molecule has 748 valence electrons. The first-order valence-electron chi connectivity index (χ1n) is 41.9. The molecule has 0 aliphatic heterocycles. The molecule has 0 aliphatic carbocycles. The van der Waals surface area contributed by atoms with Crippen LogP contribution in [-0.4, -0.2) is 35.1 Å². The number of rotatable bonds is 18. The summed E-state index contributed by atoms with van der Waals surface area (Å²) in [5.74, 6) is -0.163. The molecule has 0 atom stereocenters. The molecule has 0 saturated heterocycles. The number of nitrogens with zero attached hydrogens (tertiary/aromatic N) is 2. The predicted octanol–water partition coefficient (Wildman–Crippen LogP) is 44.3. The van der Waals surface area contributed by atoms with E-state index in [-0.39, 0.29) is 90.7 Å². The van der Waals surface area contributed by atoms with Crippen molar-refractivity contribution in [3.8, 4) is 55.6 Å². The lowest BCUT2D eigenvalue weighted by Gasteiger charge is -2.16. The molecule has 21 aromatic rings. The van der Waals surface area contributed by atoms with E-state index in [0.717, 1.165) is 105 Å². The van der Waals surface area contributed by atoms with Crippen molar-refractivity contribution in [2.75, 3.05) is 35.3 Å². The third-order valence-corrected chi connectivity index (χ3v) is 31.9. The highest BCUT2D eigenvalue weighted by Gasteiger charge is 2.24. The molecule has 28 heteroatoms. The summed E-state index contributed by atoms with van der Waals surface area (Å²) < 4.78 is 49.7. The SMILES string of the molecule is Brc1ccc2sccc2c1.Brc1csc2ccc(-c3ccccc3)cc12.C.C.C.C.C.C.C.C.CCOC(CSc1ccc(Br)cc1)OCC.Nc1sc2ccc(-c3ccccc3)cc2c1Nc1ccc(F)c(Cl)c1.O=[N+]([O-])c1sc2ccc(-c3ccccc3)cc2c1Br.O=[N+]([O-])c1sc2ccc(-c3ccccc3)cc2c1Nc1ccc(F)c(Cl)c1.Sc1ccc(Br)cc1.c1ccc(-c2ccc3sccc3c2)cc1. The lowest BCUT2D eigenvalue weighted by Crippen LogP contribution is -2.19. The second-order valence-electron chi connectivity index (χ2n) is 29.5. The Bertz CT molecular complexity index is 7560. The maximum atomic E-state index is 13.4. The molecule has 15 aromatic carbocycles. The molecule has 0 amide bonds. The Hall–Kier alpha value is -10.3. The zero-order valence-electron chi connectivity index (χ0n) is 72.1. The number of hydrogen-bond donors (Lipinski definition) is 4. The third-order valence-electron chi connectivity index (χ3n) is 20.4. The van der Waals surface area contributed by atoms with E-state index in [9.17, 15) is 29.0 Å². The number of thiophene rings is 6. The number of benzene rings is 15. The summed E-state index contributed by atoms with van der Waals surface area (Å²) in [6.45, 7) is 5.34. The fourth-order valence-corrected chi connectivity index (χ4v) is 22.7. The highest BCUT2D eigenvalue weighted by molar-refractivity contribution is 9.11. The highest BCUT2D eigenvalue weighted by atomic mass is 79.9. The number of nitrogen functional groups attached to an aromatic ring is 1. The van der Waals surface area contributed by atoms with Crippen LogP contribution in [-0.2, 0) is 9.47 Å². The molecular formula is C116H112Br5Cl2F2N5O6S8. The monoisotopic (exact) mass is 2430 g/mol. The van der Waals surface area contributed by atoms with E-state index in [1.807, 2.05) is 178 Å². The molecule has 21 rings (SSSR count). The van der Waals surface area contributed by atoms with Crippen molar-refractivity contribution >= 4 is 294 Å². The van der Waals surface area contributed by atoms with Gasteiger partial charge in [-0.3, -0.25) is 20.2 Å². The number of halogens is 9. The number of nitrogens with two attached hydrogens (primary N) is 1. The number of hydrogen-bond acceptors (Lipinski definition) is 17. The van der Waals surface area contributed by atoms with Gasteiger partial charge in [0.25, 0.3) is 0 Å². The number of nitro groups is 2. The van der Waals surface area contributed by atoms with Gasteiger partial charge < -0.3 is 25.8 Å². The third kappa shape index (κ3) is 33.9. The maximum Gasteiger partial charge on any atom is 0.348 e. The smallest absolute Gasteiger partial charge is 0.348 e. The Morgan fingerprint density at radius 1 is 0.382 bits per heavy atom. The minimum atomic E-state index is -0.543. The lowest BCUT2D eigenvalue weighted by molar-refractivity contribution is -0.380. The first kappa shape index (κ1) is 122. The average Bonchev–Trinajstić information content (AvgIpc) is 1.68. The van der Waals surface area contributed by atoms with Crippen LogP contribution in [0.4, 0.5) is 46.5 Å². The minimum Gasteiger partial charge on any atom is -0.389 e. The maximum absolute atomic E-state index is 13.4. The first-order valence-corrected chi connectivity index (χ1v) is 53.2. The van der Waals surface area contributed by atoms with E-state index in [1.165, 1.54) is 109 Å². The standard InChI is InChI=1S/C20H12ClFN2O2S.C20H14ClFN2S.C14H8BrNO2S.C14H9BrS.C14H10S.C12H17BrO2S.C8H5BrS.C6H5BrS.8CH4/c21-16-11-14(7-8-17(16)22)23-19-15-10-13(12-4-2-1-3-5-12)6-9-18(15)27-20(19)24(25)26;21-16-11-14(7-8-17(16)22)24-19-15-10-13(12-4-2-1-3-5-12)6-9-18(15)25-20(19)23;15-13-11-8-10(9-4-2-1-3-5-9)6-7-12(11)19-14(13)16(17)18;15-13-9-16-14-7-6-11(8-12(13)14)10-4-2-1-3-5-10;1-2-4-11(5-3-1)12-6-7-14-13(10-12)8-9-15-14;1-3-14-12(15-4-2)9-16-11-7-5-10(13)6-8-11;9-7-1-2-8-6(5-7)3-4-10-8;7-5-1-3-6(8)4-2-5;;;;;;;;/h1-11,23H;1-11,24H,23H2;1-8H;1-9H;1-10H;5-8,12H,3-4,9H2,1-2H3;1-5H;1-4,8H;8*1H4. The van der Waals surface area contributed by atoms with Crippen molar-refractivity contribution in [3.05, 3.63) is 438 Å². The van der Waals surface area contributed by atoms with Gasteiger partial charge in [-0.25, -0.2) is 8.78 Å². The molecule has 0 saturated carbocycles. The number of thioether (sulfide) groups is 1. The van der Waals surface area contributed by atoms with Crippen LogP contribution < -0.4 is 16.4 Å². The fourth-order valence-electron chi connectivity index (χ4n) is 13.8. The predicted molar refractivity (Wildman–Crippen MR) is 655 cm³/mol. The van der Waals surface area contributed by atoms with Crippen molar-refractivity contribution < 1.29 is 28.1 Å². The summed E-state index contributed by atoms with van der Waals surface area (Å²) in [6, 6.07) is 117. The Morgan fingerprint density at radius 3 is 1.16 bits per heavy atom. The quantitative estimate of drug-likeness (QED) is 0.0215. The van der Waals surface area contributed by atoms with Crippen LogP contribution in [0, 0.1) is 31.9 Å². The van der Waals surface area contributed by atoms with Crippen LogP contribution in [0.5, 0.6) is 0 Å². The van der Waals surface area contributed by atoms with Crippen molar-refractivity contribution in [1.82, 2.24) is 0 Å². The van der Waals surface area contributed by atoms with Gasteiger partial charge in [0, 0.05) is 113 Å². The summed E-state index contributed by atoms with van der Waals surface area (Å²) in [5, 5.41) is 42.6. The summed E-state index contributed by atoms with van der Waals surface area (Å²) >= 11 is 43.8. The zero-order valence-corrected chi connectivity index (χ0v) is 88.2. The second-order valence-corrected chi connectivity index (χ2v) is 42.3. The molecule has 0 spiro atoms. The summed E-state index contributed by atoms with van der Waals surface area (Å²) in [4.78, 5) is 23.9. The Kier molecular flexibility index (Phi) is 51.6. The molecule has 0 unspecified atom stereocenters. The van der Waals surface area contributed by atoms with E-state index in [1.54, 1.807) is 57.9 Å². The van der Waals surface area contributed by atoms with Gasteiger partial charge in [0.15, 0.2) is 6.29 Å². The van der Waals surface area contributed by atoms with E-state index >= 15 is 0 Å². The van der Waals surface area contributed by atoms with Crippen LogP contribution in [0.1, 0.15) is 73.3 Å². The highest BCUT2D eigenvalue weighted by Crippen LogP contribution is 2.48. The minimum absolute atomic E-state index is 0. The molecule has 4 N–H and O–H groups in total. The van der Waals surface area contributed by atoms with E-state index < -0.39 is 16.6 Å². The van der Waals surface area contributed by atoms with Crippen molar-refractivity contribution in [2.24, 2.45) is 0 Å². The fraction of sp³-hybridized carbons (Fsp3) is 0.121. The van der Waals surface area contributed by atoms with Crippen LogP contribution >= 0.6 is 195 Å². The zero-order chi connectivity index (χ0) is 95.6. The van der Waals surface area contributed by atoms with E-state index in [0.29, 0.717) is 39.7 Å². The van der Waals surface area contributed by atoms with Gasteiger partial charge in [-0.05, 0) is 299 Å². The molecule has 6 aromatic heterocycles. The molecule has 0 aliphatic rings. The van der Waals surface area contributed by atoms with Crippen molar-refractivity contribution in [2.45, 2.75) is 89.3 Å². The second kappa shape index (κ2) is 60.7. The molecule has 0 bridgehead atoms. The van der Waals surface area contributed by atoms with Gasteiger partial charge in [0.1, 0.15) is 26.8 Å². The average molecular weight is 2440 g/mol. The van der Waals surface area contributed by atoms with Gasteiger partial charge in [-0.1, -0.05) is 335 Å². The van der Waals surface area contributed by atoms with E-state index in [2.05, 4.69) is 277 Å². The van der Waals surface area contributed by atoms with Crippen LogP contribution in [0.15, 0.2) is 406 Å². The molecule has 11 nitrogen and oxygen atoms in total. The Labute approximate surface area is 930 Å². The van der Waals surface area contributed by atoms with Gasteiger partial charge >= 0.3 is 10.0 Å². The van der Waals surface area contributed by atoms with Gasteiger partial charge in [0.2, 0.25) is 0 Å². The van der Waals surface area contributed by atoms with Crippen molar-refractivity contribution in [1.29, 1.82) is 0 Å². The molecule has 6 heterocycles. The van der Waals surface area contributed by atoms with Gasteiger partial charge in [-0.2, -0.15) is 0 Å². The largest absolute Gasteiger partial charge is 0.389 e.